The molecule has 1 amide bonds. The van der Waals surface area contributed by atoms with Gasteiger partial charge in [-0.3, -0.25) is 10.2 Å². The zero-order chi connectivity index (χ0) is 13.0. The quantitative estimate of drug-likeness (QED) is 0.454. The molecule has 94 valence electrons. The summed E-state index contributed by atoms with van der Waals surface area (Å²) in [5, 5.41) is 2.91. The minimum Gasteiger partial charge on any atom is -0.382 e. The van der Waals surface area contributed by atoms with Crippen molar-refractivity contribution in [1.82, 2.24) is 5.43 Å². The molecule has 0 heterocycles. The van der Waals surface area contributed by atoms with Gasteiger partial charge in [0, 0.05) is 11.0 Å². The van der Waals surface area contributed by atoms with E-state index in [1.54, 1.807) is 0 Å². The van der Waals surface area contributed by atoms with E-state index >= 15 is 0 Å². The number of hydrazine groups is 1. The highest BCUT2D eigenvalue weighted by molar-refractivity contribution is 9.10. The molecule has 0 bridgehead atoms. The van der Waals surface area contributed by atoms with Gasteiger partial charge >= 0.3 is 0 Å². The van der Waals surface area contributed by atoms with Crippen LogP contribution in [0.3, 0.4) is 0 Å². The van der Waals surface area contributed by atoms with Crippen molar-refractivity contribution in [3.8, 4) is 0 Å². The maximum absolute atomic E-state index is 13.7. The fourth-order valence-electron chi connectivity index (χ4n) is 1.32. The van der Waals surface area contributed by atoms with E-state index in [9.17, 15) is 9.18 Å². The van der Waals surface area contributed by atoms with Crippen molar-refractivity contribution in [3.63, 3.8) is 0 Å². The highest BCUT2D eigenvalue weighted by Gasteiger charge is 2.16. The Balaban J connectivity index is 3.11. The van der Waals surface area contributed by atoms with Crippen molar-refractivity contribution in [2.24, 2.45) is 11.8 Å². The van der Waals surface area contributed by atoms with Crippen LogP contribution < -0.4 is 16.6 Å². The lowest BCUT2D eigenvalue weighted by atomic mass is 10.1. The van der Waals surface area contributed by atoms with Crippen molar-refractivity contribution >= 4 is 27.5 Å². The normalized spacial score (nSPS) is 10.5. The number of nitrogens with one attached hydrogen (secondary N) is 2. The van der Waals surface area contributed by atoms with E-state index in [0.717, 1.165) is 0 Å². The molecule has 0 spiro atoms. The smallest absolute Gasteiger partial charge is 0.267 e. The molecule has 1 aromatic carbocycles. The van der Waals surface area contributed by atoms with E-state index in [1.807, 2.05) is 19.3 Å². The summed E-state index contributed by atoms with van der Waals surface area (Å²) in [5.74, 6) is 4.39. The fourth-order valence-corrected chi connectivity index (χ4v) is 1.75. The SMILES string of the molecule is CC(C)CNc1c(F)cc(Br)cc1C(=O)NN. The molecule has 0 radical (unpaired) electrons. The first-order chi connectivity index (χ1) is 7.95. The molecule has 0 saturated heterocycles. The van der Waals surface area contributed by atoms with Crippen molar-refractivity contribution in [3.05, 3.63) is 28.0 Å². The number of hydrogen-bond acceptors (Lipinski definition) is 3. The van der Waals surface area contributed by atoms with Gasteiger partial charge in [-0.05, 0) is 18.1 Å². The number of anilines is 1. The fraction of sp³-hybridized carbons (Fsp3) is 0.364. The Labute approximate surface area is 108 Å². The molecule has 0 aliphatic heterocycles. The maximum Gasteiger partial charge on any atom is 0.267 e. The molecule has 6 heteroatoms. The molecule has 0 fully saturated rings. The topological polar surface area (TPSA) is 67.2 Å². The molecule has 1 aromatic rings. The predicted octanol–water partition coefficient (Wildman–Crippen LogP) is 2.26. The maximum atomic E-state index is 13.7. The van der Waals surface area contributed by atoms with Gasteiger partial charge in [0.15, 0.2) is 0 Å². The van der Waals surface area contributed by atoms with Crippen molar-refractivity contribution in [2.75, 3.05) is 11.9 Å². The second-order valence-corrected chi connectivity index (χ2v) is 4.97. The standard InChI is InChI=1S/C11H15BrFN3O/c1-6(2)5-15-10-8(11(17)16-14)3-7(12)4-9(10)13/h3-4,6,15H,5,14H2,1-2H3,(H,16,17). The molecule has 0 saturated carbocycles. The summed E-state index contributed by atoms with van der Waals surface area (Å²) < 4.78 is 14.2. The third-order valence-corrected chi connectivity index (χ3v) is 2.58. The van der Waals surface area contributed by atoms with Gasteiger partial charge in [-0.25, -0.2) is 10.2 Å². The molecular weight excluding hydrogens is 289 g/mol. The van der Waals surface area contributed by atoms with Gasteiger partial charge in [-0.15, -0.1) is 0 Å². The Kier molecular flexibility index (Phi) is 4.89. The van der Waals surface area contributed by atoms with Crippen LogP contribution in [0.1, 0.15) is 24.2 Å². The molecule has 1 rings (SSSR count). The monoisotopic (exact) mass is 303 g/mol. The highest BCUT2D eigenvalue weighted by atomic mass is 79.9. The number of nitrogens with two attached hydrogens (primary N) is 1. The lowest BCUT2D eigenvalue weighted by Gasteiger charge is -2.14. The summed E-state index contributed by atoms with van der Waals surface area (Å²) >= 11 is 3.14. The van der Waals surface area contributed by atoms with Gasteiger partial charge < -0.3 is 5.32 Å². The van der Waals surface area contributed by atoms with Crippen LogP contribution in [-0.4, -0.2) is 12.5 Å². The Morgan fingerprint density at radius 1 is 1.53 bits per heavy atom. The first kappa shape index (κ1) is 13.9. The lowest BCUT2D eigenvalue weighted by molar-refractivity contribution is 0.0954. The Bertz CT molecular complexity index is 423. The van der Waals surface area contributed by atoms with Crippen LogP contribution in [0.2, 0.25) is 0 Å². The van der Waals surface area contributed by atoms with Crippen LogP contribution in [0.5, 0.6) is 0 Å². The van der Waals surface area contributed by atoms with Crippen molar-refractivity contribution in [1.29, 1.82) is 0 Å². The Morgan fingerprint density at radius 3 is 2.71 bits per heavy atom. The van der Waals surface area contributed by atoms with Gasteiger partial charge in [0.2, 0.25) is 0 Å². The minimum absolute atomic E-state index is 0.171. The molecule has 0 aliphatic rings. The van der Waals surface area contributed by atoms with Gasteiger partial charge in [0.1, 0.15) is 5.82 Å². The van der Waals surface area contributed by atoms with Crippen molar-refractivity contribution in [2.45, 2.75) is 13.8 Å². The van der Waals surface area contributed by atoms with E-state index in [1.165, 1.54) is 12.1 Å². The molecule has 0 aliphatic carbocycles. The number of carbonyl (C=O) groups is 1. The summed E-state index contributed by atoms with van der Waals surface area (Å²) in [5.41, 5.74) is 2.35. The largest absolute Gasteiger partial charge is 0.382 e. The summed E-state index contributed by atoms with van der Waals surface area (Å²) in [6, 6.07) is 2.82. The third kappa shape index (κ3) is 3.67. The zero-order valence-electron chi connectivity index (χ0n) is 9.68. The van der Waals surface area contributed by atoms with E-state index in [-0.39, 0.29) is 11.3 Å². The molecule has 17 heavy (non-hydrogen) atoms. The second-order valence-electron chi connectivity index (χ2n) is 4.06. The van der Waals surface area contributed by atoms with E-state index in [0.29, 0.717) is 16.9 Å². The molecular formula is C11H15BrFN3O. The average Bonchev–Trinajstić information content (AvgIpc) is 2.25. The molecule has 0 aromatic heterocycles. The van der Waals surface area contributed by atoms with Gasteiger partial charge in [-0.2, -0.15) is 0 Å². The number of amides is 1. The third-order valence-electron chi connectivity index (χ3n) is 2.12. The zero-order valence-corrected chi connectivity index (χ0v) is 11.3. The van der Waals surface area contributed by atoms with Crippen LogP contribution >= 0.6 is 15.9 Å². The van der Waals surface area contributed by atoms with Crippen molar-refractivity contribution < 1.29 is 9.18 Å². The van der Waals surface area contributed by atoms with E-state index in [4.69, 9.17) is 5.84 Å². The molecule has 0 unspecified atom stereocenters. The van der Waals surface area contributed by atoms with Crippen LogP contribution in [0.4, 0.5) is 10.1 Å². The summed E-state index contributed by atoms with van der Waals surface area (Å²) in [7, 11) is 0. The van der Waals surface area contributed by atoms with E-state index in [2.05, 4.69) is 21.2 Å². The van der Waals surface area contributed by atoms with Gasteiger partial charge in [0.25, 0.3) is 5.91 Å². The number of carbonyl (C=O) groups excluding carboxylic acids is 1. The number of halogens is 2. The molecule has 4 N–H and O–H groups in total. The second kappa shape index (κ2) is 5.97. The predicted molar refractivity (Wildman–Crippen MR) is 69.1 cm³/mol. The van der Waals surface area contributed by atoms with Crippen LogP contribution in [0.25, 0.3) is 0 Å². The average molecular weight is 304 g/mol. The minimum atomic E-state index is -0.531. The number of rotatable bonds is 4. The first-order valence-electron chi connectivity index (χ1n) is 5.19. The first-order valence-corrected chi connectivity index (χ1v) is 5.98. The van der Waals surface area contributed by atoms with Crippen LogP contribution in [-0.2, 0) is 0 Å². The summed E-state index contributed by atoms with van der Waals surface area (Å²) in [4.78, 5) is 11.5. The number of hydrogen-bond donors (Lipinski definition) is 3. The Hall–Kier alpha value is -1.14. The summed E-state index contributed by atoms with van der Waals surface area (Å²) in [6.07, 6.45) is 0. The van der Waals surface area contributed by atoms with Crippen LogP contribution in [0.15, 0.2) is 16.6 Å². The number of benzene rings is 1. The van der Waals surface area contributed by atoms with Crippen LogP contribution in [0, 0.1) is 11.7 Å². The van der Waals surface area contributed by atoms with Gasteiger partial charge in [0.05, 0.1) is 11.3 Å². The molecule has 0 atom stereocenters. The Morgan fingerprint density at radius 2 is 2.18 bits per heavy atom. The highest BCUT2D eigenvalue weighted by Crippen LogP contribution is 2.25. The van der Waals surface area contributed by atoms with E-state index < -0.39 is 11.7 Å². The lowest BCUT2D eigenvalue weighted by Crippen LogP contribution is -2.31. The number of nitrogen functional groups attached to an aromatic ring is 1. The summed E-state index contributed by atoms with van der Waals surface area (Å²) in [6.45, 7) is 4.56. The molecule has 4 nitrogen and oxygen atoms in total. The van der Waals surface area contributed by atoms with Gasteiger partial charge in [-0.1, -0.05) is 29.8 Å².